The van der Waals surface area contributed by atoms with E-state index in [0.29, 0.717) is 19.3 Å². The molecule has 1 unspecified atom stereocenters. The summed E-state index contributed by atoms with van der Waals surface area (Å²) in [5.74, 6) is -0.864. The van der Waals surface area contributed by atoms with E-state index in [0.717, 1.165) is 96.3 Å². The fraction of sp³-hybridized carbons (Fsp3) is 0.847. The van der Waals surface area contributed by atoms with Crippen molar-refractivity contribution in [1.82, 2.24) is 0 Å². The third-order valence-corrected chi connectivity index (χ3v) is 15.6. The van der Waals surface area contributed by atoms with Crippen LogP contribution in [0, 0.1) is 0 Å². The molecule has 6 heteroatoms. The molecule has 0 saturated carbocycles. The van der Waals surface area contributed by atoms with Crippen LogP contribution >= 0.6 is 0 Å². The van der Waals surface area contributed by atoms with Crippen molar-refractivity contribution in [1.29, 1.82) is 0 Å². The van der Waals surface area contributed by atoms with E-state index in [-0.39, 0.29) is 31.1 Å². The lowest BCUT2D eigenvalue weighted by molar-refractivity contribution is -0.167. The summed E-state index contributed by atoms with van der Waals surface area (Å²) in [7, 11) is 0. The van der Waals surface area contributed by atoms with Gasteiger partial charge in [0.2, 0.25) is 0 Å². The van der Waals surface area contributed by atoms with Crippen LogP contribution in [0.5, 0.6) is 0 Å². The molecule has 0 aromatic heterocycles. The number of unbranched alkanes of at least 4 members (excludes halogenated alkanes) is 45. The van der Waals surface area contributed by atoms with E-state index >= 15 is 0 Å². The van der Waals surface area contributed by atoms with Crippen molar-refractivity contribution in [2.24, 2.45) is 0 Å². The number of carbonyl (C=O) groups is 3. The van der Waals surface area contributed by atoms with Gasteiger partial charge in [0.15, 0.2) is 6.10 Å². The van der Waals surface area contributed by atoms with Gasteiger partial charge in [-0.15, -0.1) is 0 Å². The first kappa shape index (κ1) is 75.4. The average molecular weight is 1090 g/mol. The van der Waals surface area contributed by atoms with Crippen LogP contribution in [0.4, 0.5) is 0 Å². The second-order valence-corrected chi connectivity index (χ2v) is 23.4. The SMILES string of the molecule is CC/C=C\C/C=C\C/C=C\C/C=C\CCCCCCCCC(=O)OC(COC(=O)CCCCCCCCCCCCCC)COC(=O)CCCCCCCCCCCCCCCCCCCCCCCCCCCCCCC. The van der Waals surface area contributed by atoms with Crippen LogP contribution in [0.15, 0.2) is 48.6 Å². The molecular formula is C72H132O6. The molecule has 0 heterocycles. The van der Waals surface area contributed by atoms with Crippen molar-refractivity contribution in [2.75, 3.05) is 13.2 Å². The summed E-state index contributed by atoms with van der Waals surface area (Å²) in [4.78, 5) is 38.3. The highest BCUT2D eigenvalue weighted by atomic mass is 16.6. The van der Waals surface area contributed by atoms with E-state index in [1.165, 1.54) is 238 Å². The molecule has 0 amide bonds. The standard InChI is InChI=1S/C72H132O6/c1-4-7-10-13-16-19-22-25-27-29-31-32-33-34-35-36-37-38-39-40-42-43-45-47-50-53-56-59-62-65-71(74)77-68-69(67-76-70(73)64-61-58-55-52-49-24-21-18-15-12-9-6-3)78-72(75)66-63-60-57-54-51-48-46-44-41-30-28-26-23-20-17-14-11-8-5-2/h8,11,17,20,26,28,41,44,69H,4-7,9-10,12-16,18-19,21-25,27,29-40,42-43,45-68H2,1-3H3/b11-8-,20-17-,28-26-,44-41-. The van der Waals surface area contributed by atoms with E-state index in [9.17, 15) is 14.4 Å². The molecule has 6 nitrogen and oxygen atoms in total. The second kappa shape index (κ2) is 66.9. The number of allylic oxidation sites excluding steroid dienone is 8. The van der Waals surface area contributed by atoms with E-state index in [1.54, 1.807) is 0 Å². The van der Waals surface area contributed by atoms with Gasteiger partial charge >= 0.3 is 17.9 Å². The first-order valence-corrected chi connectivity index (χ1v) is 34.6. The molecule has 0 rings (SSSR count). The molecule has 0 aromatic rings. The van der Waals surface area contributed by atoms with Crippen molar-refractivity contribution in [3.8, 4) is 0 Å². The quantitative estimate of drug-likeness (QED) is 0.0261. The summed E-state index contributed by atoms with van der Waals surface area (Å²) in [5.41, 5.74) is 0. The van der Waals surface area contributed by atoms with Crippen molar-refractivity contribution in [3.63, 3.8) is 0 Å². The second-order valence-electron chi connectivity index (χ2n) is 23.4. The van der Waals surface area contributed by atoms with Crippen molar-refractivity contribution in [2.45, 2.75) is 380 Å². The summed E-state index contributed by atoms with van der Waals surface area (Å²) in [6.07, 6.45) is 84.3. The minimum Gasteiger partial charge on any atom is -0.462 e. The van der Waals surface area contributed by atoms with E-state index in [4.69, 9.17) is 14.2 Å². The summed E-state index contributed by atoms with van der Waals surface area (Å²) < 4.78 is 16.9. The topological polar surface area (TPSA) is 78.9 Å². The van der Waals surface area contributed by atoms with Gasteiger partial charge in [0.1, 0.15) is 13.2 Å². The van der Waals surface area contributed by atoms with Gasteiger partial charge in [-0.2, -0.15) is 0 Å². The lowest BCUT2D eigenvalue weighted by Crippen LogP contribution is -2.30. The van der Waals surface area contributed by atoms with Crippen LogP contribution < -0.4 is 0 Å². The van der Waals surface area contributed by atoms with Gasteiger partial charge in [0.05, 0.1) is 0 Å². The molecule has 1 atom stereocenters. The van der Waals surface area contributed by atoms with Crippen molar-refractivity contribution in [3.05, 3.63) is 48.6 Å². The smallest absolute Gasteiger partial charge is 0.306 e. The Morgan fingerprint density at radius 2 is 0.500 bits per heavy atom. The summed E-state index contributed by atoms with van der Waals surface area (Å²) in [6, 6.07) is 0. The highest BCUT2D eigenvalue weighted by Gasteiger charge is 2.19. The molecule has 0 aliphatic heterocycles. The van der Waals surface area contributed by atoms with Crippen molar-refractivity contribution >= 4 is 17.9 Å². The molecule has 0 aromatic carbocycles. The normalized spacial score (nSPS) is 12.3. The van der Waals surface area contributed by atoms with Gasteiger partial charge in [0.25, 0.3) is 0 Å². The highest BCUT2D eigenvalue weighted by Crippen LogP contribution is 2.19. The molecule has 0 spiro atoms. The summed E-state index contributed by atoms with van der Waals surface area (Å²) in [5, 5.41) is 0. The average Bonchev–Trinajstić information content (AvgIpc) is 3.44. The minimum atomic E-state index is -0.778. The lowest BCUT2D eigenvalue weighted by Gasteiger charge is -2.18. The van der Waals surface area contributed by atoms with Gasteiger partial charge in [-0.25, -0.2) is 0 Å². The zero-order valence-electron chi connectivity index (χ0n) is 52.5. The Balaban J connectivity index is 4.17. The van der Waals surface area contributed by atoms with E-state index < -0.39 is 6.10 Å². The van der Waals surface area contributed by atoms with Gasteiger partial charge < -0.3 is 14.2 Å². The number of ether oxygens (including phenoxy) is 3. The predicted molar refractivity (Wildman–Crippen MR) is 339 cm³/mol. The third-order valence-electron chi connectivity index (χ3n) is 15.6. The van der Waals surface area contributed by atoms with Crippen LogP contribution in [0.1, 0.15) is 374 Å². The van der Waals surface area contributed by atoms with Gasteiger partial charge in [-0.05, 0) is 57.8 Å². The summed E-state index contributed by atoms with van der Waals surface area (Å²) in [6.45, 7) is 6.58. The Morgan fingerprint density at radius 1 is 0.269 bits per heavy atom. The largest absolute Gasteiger partial charge is 0.462 e. The first-order valence-electron chi connectivity index (χ1n) is 34.6. The Bertz CT molecular complexity index is 1350. The number of hydrogen-bond donors (Lipinski definition) is 0. The Labute approximate surface area is 486 Å². The van der Waals surface area contributed by atoms with E-state index in [2.05, 4.69) is 69.4 Å². The van der Waals surface area contributed by atoms with Crippen LogP contribution in [0.2, 0.25) is 0 Å². The molecule has 456 valence electrons. The van der Waals surface area contributed by atoms with Crippen LogP contribution in [-0.4, -0.2) is 37.2 Å². The third kappa shape index (κ3) is 64.2. The summed E-state index contributed by atoms with van der Waals surface area (Å²) >= 11 is 0. The molecule has 0 fully saturated rings. The fourth-order valence-electron chi connectivity index (χ4n) is 10.4. The predicted octanol–water partition coefficient (Wildman–Crippen LogP) is 23.7. The molecule has 0 N–H and O–H groups in total. The Morgan fingerprint density at radius 3 is 0.782 bits per heavy atom. The number of rotatable bonds is 64. The zero-order valence-corrected chi connectivity index (χ0v) is 52.5. The molecule has 0 aliphatic carbocycles. The molecule has 0 aliphatic rings. The lowest BCUT2D eigenvalue weighted by atomic mass is 10.0. The zero-order chi connectivity index (χ0) is 56.4. The maximum atomic E-state index is 12.9. The van der Waals surface area contributed by atoms with Crippen LogP contribution in [-0.2, 0) is 28.6 Å². The maximum absolute atomic E-state index is 12.9. The Hall–Kier alpha value is -2.63. The number of esters is 3. The molecule has 78 heavy (non-hydrogen) atoms. The monoisotopic (exact) mass is 1090 g/mol. The maximum Gasteiger partial charge on any atom is 0.306 e. The Kier molecular flexibility index (Phi) is 64.6. The van der Waals surface area contributed by atoms with E-state index in [1.807, 2.05) is 0 Å². The number of carbonyl (C=O) groups excluding carboxylic acids is 3. The van der Waals surface area contributed by atoms with Crippen LogP contribution in [0.25, 0.3) is 0 Å². The first-order chi connectivity index (χ1) is 38.5. The van der Waals surface area contributed by atoms with Gasteiger partial charge in [-0.1, -0.05) is 345 Å². The van der Waals surface area contributed by atoms with Crippen LogP contribution in [0.3, 0.4) is 0 Å². The minimum absolute atomic E-state index is 0.0741. The molecule has 0 radical (unpaired) electrons. The van der Waals surface area contributed by atoms with Gasteiger partial charge in [-0.3, -0.25) is 14.4 Å². The van der Waals surface area contributed by atoms with Gasteiger partial charge in [0, 0.05) is 19.3 Å². The number of hydrogen-bond acceptors (Lipinski definition) is 6. The fourth-order valence-corrected chi connectivity index (χ4v) is 10.4. The molecule has 0 saturated heterocycles. The van der Waals surface area contributed by atoms with Crippen molar-refractivity contribution < 1.29 is 28.6 Å². The molecule has 0 bridgehead atoms. The molecular weight excluding hydrogens is 961 g/mol. The highest BCUT2D eigenvalue weighted by molar-refractivity contribution is 5.71.